The zero-order chi connectivity index (χ0) is 19.7. The number of carbonyl (C=O) groups is 2. The van der Waals surface area contributed by atoms with E-state index in [1.807, 2.05) is 37.3 Å². The van der Waals surface area contributed by atoms with Crippen LogP contribution in [0.5, 0.6) is 0 Å². The molecule has 0 radical (unpaired) electrons. The van der Waals surface area contributed by atoms with Gasteiger partial charge in [0.15, 0.2) is 0 Å². The lowest BCUT2D eigenvalue weighted by Gasteiger charge is -2.22. The molecule has 1 aliphatic rings. The molecule has 4 rings (SSSR count). The largest absolute Gasteiger partial charge is 0.324 e. The van der Waals surface area contributed by atoms with Crippen LogP contribution in [0.4, 0.5) is 11.4 Å². The number of aryl methyl sites for hydroxylation is 1. The van der Waals surface area contributed by atoms with Gasteiger partial charge in [-0.3, -0.25) is 14.5 Å². The highest BCUT2D eigenvalue weighted by molar-refractivity contribution is 7.99. The summed E-state index contributed by atoms with van der Waals surface area (Å²) in [5.74, 6) is -0.552. The van der Waals surface area contributed by atoms with Crippen LogP contribution in [0.2, 0.25) is 5.02 Å². The number of nitrogens with one attached hydrogen (secondary N) is 1. The fourth-order valence-corrected chi connectivity index (χ4v) is 4.17. The topological polar surface area (TPSA) is 62.3 Å². The Morgan fingerprint density at radius 2 is 2.00 bits per heavy atom. The van der Waals surface area contributed by atoms with E-state index >= 15 is 0 Å². The summed E-state index contributed by atoms with van der Waals surface area (Å²) in [6.07, 6.45) is 1.66. The number of anilines is 2. The normalized spacial score (nSPS) is 12.8. The number of carbonyl (C=O) groups excluding carboxylic acids is 2. The van der Waals surface area contributed by atoms with Crippen molar-refractivity contribution in [1.82, 2.24) is 4.98 Å². The van der Waals surface area contributed by atoms with E-state index in [0.29, 0.717) is 27.0 Å². The summed E-state index contributed by atoms with van der Waals surface area (Å²) in [6, 6.07) is 16.3. The number of halogens is 1. The van der Waals surface area contributed by atoms with Gasteiger partial charge in [0, 0.05) is 21.8 Å². The quantitative estimate of drug-likeness (QED) is 0.675. The number of rotatable bonds is 3. The van der Waals surface area contributed by atoms with Crippen molar-refractivity contribution in [3.05, 3.63) is 76.9 Å². The van der Waals surface area contributed by atoms with Gasteiger partial charge in [-0.25, -0.2) is 4.98 Å². The Labute approximate surface area is 171 Å². The number of fused-ring (bicyclic) bond motifs is 2. The second kappa shape index (κ2) is 7.66. The Balaban J connectivity index is 1.67. The van der Waals surface area contributed by atoms with E-state index in [0.717, 1.165) is 10.5 Å². The zero-order valence-corrected chi connectivity index (χ0v) is 16.6. The van der Waals surface area contributed by atoms with Crippen LogP contribution in [0.15, 0.2) is 70.7 Å². The van der Waals surface area contributed by atoms with Crippen LogP contribution in [-0.4, -0.2) is 23.3 Å². The van der Waals surface area contributed by atoms with Gasteiger partial charge in [0.25, 0.3) is 5.91 Å². The lowest BCUT2D eigenvalue weighted by molar-refractivity contribution is -0.114. The number of hydrogen-bond donors (Lipinski definition) is 1. The molecule has 0 bridgehead atoms. The number of para-hydroxylation sites is 1. The molecular weight excluding hydrogens is 394 g/mol. The van der Waals surface area contributed by atoms with E-state index in [1.54, 1.807) is 30.5 Å². The molecule has 5 nitrogen and oxygen atoms in total. The summed E-state index contributed by atoms with van der Waals surface area (Å²) in [7, 11) is 0. The predicted octanol–water partition coefficient (Wildman–Crippen LogP) is 4.79. The van der Waals surface area contributed by atoms with Crippen LogP contribution < -0.4 is 10.2 Å². The first-order chi connectivity index (χ1) is 13.5. The Bertz CT molecular complexity index is 1090. The predicted molar refractivity (Wildman–Crippen MR) is 111 cm³/mol. The maximum atomic E-state index is 13.2. The summed E-state index contributed by atoms with van der Waals surface area (Å²) in [5.41, 5.74) is 2.69. The van der Waals surface area contributed by atoms with E-state index in [4.69, 9.17) is 11.6 Å². The second-order valence-corrected chi connectivity index (χ2v) is 7.79. The van der Waals surface area contributed by atoms with Crippen molar-refractivity contribution in [2.45, 2.75) is 16.8 Å². The Hall–Kier alpha value is -2.83. The molecule has 0 fully saturated rings. The molecular formula is C21H16ClN3O2S. The minimum atomic E-state index is -0.300. The van der Waals surface area contributed by atoms with E-state index in [-0.39, 0.29) is 18.4 Å². The van der Waals surface area contributed by atoms with Crippen molar-refractivity contribution in [2.75, 3.05) is 16.8 Å². The Kier molecular flexibility index (Phi) is 5.07. The molecule has 2 aromatic carbocycles. The van der Waals surface area contributed by atoms with Crippen molar-refractivity contribution in [2.24, 2.45) is 0 Å². The third kappa shape index (κ3) is 3.61. The van der Waals surface area contributed by atoms with E-state index in [9.17, 15) is 9.59 Å². The van der Waals surface area contributed by atoms with E-state index in [1.165, 1.54) is 16.7 Å². The molecule has 3 aromatic rings. The van der Waals surface area contributed by atoms with Crippen LogP contribution in [-0.2, 0) is 4.79 Å². The maximum Gasteiger partial charge on any atom is 0.261 e. The van der Waals surface area contributed by atoms with Crippen molar-refractivity contribution in [1.29, 1.82) is 0 Å². The summed E-state index contributed by atoms with van der Waals surface area (Å²) < 4.78 is 0. The molecule has 0 unspecified atom stereocenters. The van der Waals surface area contributed by atoms with Crippen LogP contribution in [0.25, 0.3) is 0 Å². The molecule has 2 heterocycles. The van der Waals surface area contributed by atoms with Gasteiger partial charge in [0.05, 0.1) is 11.3 Å². The molecule has 0 aliphatic carbocycles. The molecule has 7 heteroatoms. The molecule has 0 atom stereocenters. The van der Waals surface area contributed by atoms with Crippen LogP contribution in [0.3, 0.4) is 0 Å². The number of hydrogen-bond acceptors (Lipinski definition) is 4. The molecule has 140 valence electrons. The van der Waals surface area contributed by atoms with Crippen LogP contribution in [0, 0.1) is 6.92 Å². The van der Waals surface area contributed by atoms with Gasteiger partial charge >= 0.3 is 0 Å². The second-order valence-electron chi connectivity index (χ2n) is 6.32. The fraction of sp³-hybridized carbons (Fsp3) is 0.0952. The number of amides is 2. The van der Waals surface area contributed by atoms with Gasteiger partial charge in [0.1, 0.15) is 11.6 Å². The minimum Gasteiger partial charge on any atom is -0.324 e. The summed E-state index contributed by atoms with van der Waals surface area (Å²) in [6.45, 7) is 1.77. The molecule has 1 aliphatic heterocycles. The summed E-state index contributed by atoms with van der Waals surface area (Å²) in [4.78, 5) is 32.6. The lowest BCUT2D eigenvalue weighted by atomic mass is 10.2. The first kappa shape index (κ1) is 18.5. The zero-order valence-electron chi connectivity index (χ0n) is 15.0. The third-order valence-electron chi connectivity index (χ3n) is 4.38. The highest BCUT2D eigenvalue weighted by Crippen LogP contribution is 2.39. The van der Waals surface area contributed by atoms with Gasteiger partial charge in [-0.1, -0.05) is 41.6 Å². The monoisotopic (exact) mass is 409 g/mol. The highest BCUT2D eigenvalue weighted by Gasteiger charge is 2.29. The Morgan fingerprint density at radius 1 is 1.18 bits per heavy atom. The number of aromatic nitrogens is 1. The van der Waals surface area contributed by atoms with Crippen molar-refractivity contribution in [3.63, 3.8) is 0 Å². The number of benzene rings is 2. The third-order valence-corrected chi connectivity index (χ3v) is 5.70. The first-order valence-corrected chi connectivity index (χ1v) is 9.82. The van der Waals surface area contributed by atoms with Crippen LogP contribution >= 0.6 is 23.4 Å². The van der Waals surface area contributed by atoms with Crippen molar-refractivity contribution >= 4 is 46.6 Å². The van der Waals surface area contributed by atoms with Gasteiger partial charge in [-0.15, -0.1) is 0 Å². The van der Waals surface area contributed by atoms with Crippen LogP contribution in [0.1, 0.15) is 15.9 Å². The average Bonchev–Trinajstić information content (AvgIpc) is 2.80. The molecule has 2 amide bonds. The standard InChI is InChI=1S/C21H16ClN3O2S/c1-13-8-9-14(22)11-16(13)24-19(26)12-25-17-6-2-3-7-18(17)28-20-15(21(25)27)5-4-10-23-20/h2-11H,12H2,1H3,(H,24,26). The smallest absolute Gasteiger partial charge is 0.261 e. The van der Waals surface area contributed by atoms with Crippen molar-refractivity contribution < 1.29 is 9.59 Å². The summed E-state index contributed by atoms with van der Waals surface area (Å²) >= 11 is 7.46. The lowest BCUT2D eigenvalue weighted by Crippen LogP contribution is -2.38. The molecule has 1 N–H and O–H groups in total. The fourth-order valence-electron chi connectivity index (χ4n) is 2.98. The first-order valence-electron chi connectivity index (χ1n) is 8.63. The summed E-state index contributed by atoms with van der Waals surface area (Å²) in [5, 5.41) is 4.02. The minimum absolute atomic E-state index is 0.114. The molecule has 1 aromatic heterocycles. The maximum absolute atomic E-state index is 13.2. The van der Waals surface area contributed by atoms with Gasteiger partial charge < -0.3 is 5.32 Å². The van der Waals surface area contributed by atoms with Gasteiger partial charge in [-0.05, 0) is 48.9 Å². The molecule has 28 heavy (non-hydrogen) atoms. The highest BCUT2D eigenvalue weighted by atomic mass is 35.5. The molecule has 0 saturated heterocycles. The number of pyridine rings is 1. The molecule has 0 spiro atoms. The molecule has 0 saturated carbocycles. The SMILES string of the molecule is Cc1ccc(Cl)cc1NC(=O)CN1C(=O)c2cccnc2Sc2ccccc21. The van der Waals surface area contributed by atoms with Gasteiger partial charge in [-0.2, -0.15) is 0 Å². The number of nitrogens with zero attached hydrogens (tertiary/aromatic N) is 2. The van der Waals surface area contributed by atoms with Gasteiger partial charge in [0.2, 0.25) is 5.91 Å². The van der Waals surface area contributed by atoms with Crippen molar-refractivity contribution in [3.8, 4) is 0 Å². The van der Waals surface area contributed by atoms with E-state index < -0.39 is 0 Å². The Morgan fingerprint density at radius 3 is 2.86 bits per heavy atom. The average molecular weight is 410 g/mol. The van der Waals surface area contributed by atoms with E-state index in [2.05, 4.69) is 10.3 Å².